The highest BCUT2D eigenvalue weighted by Crippen LogP contribution is 2.72. The Kier molecular flexibility index (Phi) is 6.31. The molecule has 7 rings (SSSR count). The summed E-state index contributed by atoms with van der Waals surface area (Å²) in [7, 11) is -4.02. The maximum Gasteiger partial charge on any atom is 0.339 e. The Labute approximate surface area is 254 Å². The van der Waals surface area contributed by atoms with E-state index in [1.165, 1.54) is 5.56 Å². The van der Waals surface area contributed by atoms with Crippen LogP contribution in [0.15, 0.2) is 88.4 Å². The van der Waals surface area contributed by atoms with E-state index in [9.17, 15) is 13.5 Å². The lowest BCUT2D eigenvalue weighted by atomic mass is 9.63. The average molecular weight is 647 g/mol. The fraction of sp³-hybridized carbons (Fsp3) is 0.333. The first-order chi connectivity index (χ1) is 20.0. The Morgan fingerprint density at radius 3 is 2.57 bits per heavy atom. The van der Waals surface area contributed by atoms with Crippen LogP contribution in [0.1, 0.15) is 59.8 Å². The van der Waals surface area contributed by atoms with Crippen molar-refractivity contribution in [3.05, 3.63) is 106 Å². The fourth-order valence-corrected chi connectivity index (χ4v) is 9.02. The van der Waals surface area contributed by atoms with Crippen molar-refractivity contribution in [2.75, 3.05) is 0 Å². The van der Waals surface area contributed by atoms with Gasteiger partial charge in [0, 0.05) is 16.0 Å². The van der Waals surface area contributed by atoms with Gasteiger partial charge in [0.1, 0.15) is 16.3 Å². The Hall–Kier alpha value is -3.27. The summed E-state index contributed by atoms with van der Waals surface area (Å²) >= 11 is 3.49. The first-order valence-electron chi connectivity index (χ1n) is 14.2. The smallest absolute Gasteiger partial charge is 0.339 e. The molecule has 2 saturated carbocycles. The van der Waals surface area contributed by atoms with Gasteiger partial charge in [-0.2, -0.15) is 8.42 Å². The topological polar surface area (TPSA) is 94.3 Å². The molecule has 0 amide bonds. The van der Waals surface area contributed by atoms with Gasteiger partial charge in [-0.25, -0.2) is 0 Å². The van der Waals surface area contributed by atoms with E-state index in [0.717, 1.165) is 50.8 Å². The predicted octanol–water partition coefficient (Wildman–Crippen LogP) is 6.83. The van der Waals surface area contributed by atoms with Gasteiger partial charge in [0.05, 0.1) is 18.3 Å². The minimum absolute atomic E-state index is 0.0336. The molecule has 0 unspecified atom stereocenters. The van der Waals surface area contributed by atoms with Gasteiger partial charge in [-0.1, -0.05) is 63.6 Å². The monoisotopic (exact) mass is 645 g/mol. The molecule has 7 nitrogen and oxygen atoms in total. The van der Waals surface area contributed by atoms with Crippen LogP contribution in [0.5, 0.6) is 5.75 Å². The normalized spacial score (nSPS) is 26.2. The number of hydrogen-bond donors (Lipinski definition) is 1. The third-order valence-electron chi connectivity index (χ3n) is 9.84. The quantitative estimate of drug-likeness (QED) is 0.182. The molecule has 3 aliphatic rings. The summed E-state index contributed by atoms with van der Waals surface area (Å²) in [5, 5.41) is 20.5. The summed E-state index contributed by atoms with van der Waals surface area (Å²) < 4.78 is 35.2. The average Bonchev–Trinajstić information content (AvgIpc) is 3.58. The van der Waals surface area contributed by atoms with E-state index < -0.39 is 15.7 Å². The van der Waals surface area contributed by atoms with E-state index in [1.54, 1.807) is 30.3 Å². The highest BCUT2D eigenvalue weighted by Gasteiger charge is 2.64. The van der Waals surface area contributed by atoms with E-state index in [2.05, 4.69) is 32.8 Å². The van der Waals surface area contributed by atoms with Crippen molar-refractivity contribution in [1.82, 2.24) is 15.0 Å². The van der Waals surface area contributed by atoms with Crippen molar-refractivity contribution in [2.45, 2.75) is 68.4 Å². The van der Waals surface area contributed by atoms with Gasteiger partial charge in [0.2, 0.25) is 0 Å². The molecule has 1 aromatic heterocycles. The van der Waals surface area contributed by atoms with Crippen LogP contribution in [-0.4, -0.2) is 34.1 Å². The van der Waals surface area contributed by atoms with Crippen LogP contribution < -0.4 is 4.18 Å². The van der Waals surface area contributed by atoms with Crippen molar-refractivity contribution in [1.29, 1.82) is 0 Å². The lowest BCUT2D eigenvalue weighted by molar-refractivity contribution is 0.00370. The highest BCUT2D eigenvalue weighted by molar-refractivity contribution is 9.10. The minimum Gasteiger partial charge on any atom is -0.386 e. The Morgan fingerprint density at radius 2 is 1.83 bits per heavy atom. The fourth-order valence-electron chi connectivity index (χ4n) is 7.78. The number of hydrogen-bond acceptors (Lipinski definition) is 6. The van der Waals surface area contributed by atoms with Crippen LogP contribution in [0.25, 0.3) is 11.3 Å². The number of fused-ring (bicyclic) bond motifs is 3. The number of rotatable bonds is 6. The number of aryl methyl sites for hydroxylation is 1. The zero-order valence-corrected chi connectivity index (χ0v) is 26.0. The summed E-state index contributed by atoms with van der Waals surface area (Å²) in [6.45, 7) is 8.72. The van der Waals surface area contributed by atoms with Crippen molar-refractivity contribution in [3.8, 4) is 17.0 Å². The predicted molar refractivity (Wildman–Crippen MR) is 164 cm³/mol. The molecule has 4 atom stereocenters. The molecule has 1 N–H and O–H groups in total. The van der Waals surface area contributed by atoms with Gasteiger partial charge in [0.25, 0.3) is 0 Å². The minimum atomic E-state index is -4.02. The zero-order valence-electron chi connectivity index (χ0n) is 23.5. The molecule has 0 saturated heterocycles. The maximum atomic E-state index is 13.3. The van der Waals surface area contributed by atoms with Crippen LogP contribution >= 0.6 is 15.9 Å². The Bertz CT molecular complexity index is 1830. The van der Waals surface area contributed by atoms with Gasteiger partial charge < -0.3 is 9.29 Å². The Balaban J connectivity index is 1.30. The van der Waals surface area contributed by atoms with Crippen LogP contribution in [-0.2, 0) is 16.7 Å². The van der Waals surface area contributed by atoms with E-state index in [0.29, 0.717) is 25.1 Å². The zero-order chi connectivity index (χ0) is 29.4. The van der Waals surface area contributed by atoms with Gasteiger partial charge in [-0.05, 0) is 103 Å². The molecule has 4 aromatic rings. The van der Waals surface area contributed by atoms with Crippen molar-refractivity contribution in [2.24, 2.45) is 5.41 Å². The third-order valence-corrected chi connectivity index (χ3v) is 11.6. The first-order valence-corrected chi connectivity index (χ1v) is 16.4. The second-order valence-corrected chi connectivity index (χ2v) is 14.7. The summed E-state index contributed by atoms with van der Waals surface area (Å²) in [4.78, 5) is 0.122. The molecule has 3 aliphatic carbocycles. The Morgan fingerprint density at radius 1 is 1.10 bits per heavy atom. The van der Waals surface area contributed by atoms with E-state index in [4.69, 9.17) is 4.18 Å². The number of benzene rings is 3. The second kappa shape index (κ2) is 9.62. The van der Waals surface area contributed by atoms with Crippen LogP contribution in [0, 0.1) is 19.3 Å². The van der Waals surface area contributed by atoms with Gasteiger partial charge in [0.15, 0.2) is 0 Å². The van der Waals surface area contributed by atoms with Crippen LogP contribution in [0.4, 0.5) is 0 Å². The molecule has 9 heteroatoms. The highest BCUT2D eigenvalue weighted by atomic mass is 79.9. The van der Waals surface area contributed by atoms with E-state index in [-0.39, 0.29) is 22.1 Å². The molecule has 216 valence electrons. The molecule has 42 heavy (non-hydrogen) atoms. The molecule has 2 fully saturated rings. The summed E-state index contributed by atoms with van der Waals surface area (Å²) in [5.41, 5.74) is 5.63. The summed E-state index contributed by atoms with van der Waals surface area (Å²) in [5.74, 6) is 0.525. The standard InChI is InChI=1S/C33H32BrN3O4S/c1-20-4-10-25(11-5-20)42(39,40)41-30-13-12-26-27-14-15-33(38)19-32(27,16-21(33)2)28(31(26)22(30)3)17-37-18-29(35-36-37)23-6-8-24(34)9-7-23/h4-13,18,27-28,38H,2,14-17,19H2,1,3H3/t27-,28-,32-,33-/m0/s1. The maximum absolute atomic E-state index is 13.3. The molecule has 0 radical (unpaired) electrons. The second-order valence-electron chi connectivity index (χ2n) is 12.2. The van der Waals surface area contributed by atoms with Crippen molar-refractivity contribution < 1.29 is 17.7 Å². The number of nitrogens with zero attached hydrogens (tertiary/aromatic N) is 3. The van der Waals surface area contributed by atoms with Gasteiger partial charge >= 0.3 is 10.1 Å². The third kappa shape index (κ3) is 4.28. The molecule has 2 bridgehead atoms. The van der Waals surface area contributed by atoms with E-state index in [1.807, 2.05) is 55.1 Å². The van der Waals surface area contributed by atoms with Gasteiger partial charge in [-0.15, -0.1) is 5.10 Å². The van der Waals surface area contributed by atoms with Crippen molar-refractivity contribution >= 4 is 26.0 Å². The molecular formula is C33H32BrN3O4S. The van der Waals surface area contributed by atoms with Crippen LogP contribution in [0.2, 0.25) is 0 Å². The van der Waals surface area contributed by atoms with Crippen LogP contribution in [0.3, 0.4) is 0 Å². The lowest BCUT2D eigenvalue weighted by Gasteiger charge is -2.42. The molecular weight excluding hydrogens is 614 g/mol. The molecule has 3 aromatic carbocycles. The number of aliphatic hydroxyl groups is 1. The largest absolute Gasteiger partial charge is 0.386 e. The number of aromatic nitrogens is 3. The first kappa shape index (κ1) is 27.6. The SMILES string of the molecule is C=C1C[C@]23C[C@@]1(O)CC[C@H]2c1ccc(OS(=O)(=O)c2ccc(C)cc2)c(C)c1[C@@H]3Cn1cc(-c2ccc(Br)cc2)nn1. The summed E-state index contributed by atoms with van der Waals surface area (Å²) in [6, 6.07) is 18.5. The van der Waals surface area contributed by atoms with Gasteiger partial charge in [-0.3, -0.25) is 4.68 Å². The van der Waals surface area contributed by atoms with Crippen molar-refractivity contribution in [3.63, 3.8) is 0 Å². The molecule has 1 spiro atoms. The molecule has 0 aliphatic heterocycles. The number of halogens is 1. The molecule has 1 heterocycles. The lowest BCUT2D eigenvalue weighted by Crippen LogP contribution is -2.39. The summed E-state index contributed by atoms with van der Waals surface area (Å²) in [6.07, 6.45) is 4.85. The van der Waals surface area contributed by atoms with E-state index >= 15 is 0 Å².